The summed E-state index contributed by atoms with van der Waals surface area (Å²) in [6.45, 7) is 1.61. The molecule has 110 valence electrons. The molecular weight excluding hydrogens is 252 g/mol. The van der Waals surface area contributed by atoms with Crippen LogP contribution in [0.4, 0.5) is 0 Å². The fourth-order valence-electron chi connectivity index (χ4n) is 2.64. The summed E-state index contributed by atoms with van der Waals surface area (Å²) in [7, 11) is 1.74. The van der Waals surface area contributed by atoms with Gasteiger partial charge in [0.25, 0.3) is 0 Å². The summed E-state index contributed by atoms with van der Waals surface area (Å²) in [6, 6.07) is 9.90. The highest BCUT2D eigenvalue weighted by molar-refractivity contribution is 5.76. The van der Waals surface area contributed by atoms with Crippen LogP contribution in [0.15, 0.2) is 30.3 Å². The summed E-state index contributed by atoms with van der Waals surface area (Å²) < 4.78 is 5.32. The SMILES string of the molecule is COC1CCN(C(=O)CCC(N)c2ccccc2)CC1. The van der Waals surface area contributed by atoms with Crippen molar-refractivity contribution < 1.29 is 9.53 Å². The van der Waals surface area contributed by atoms with Gasteiger partial charge in [0.1, 0.15) is 0 Å². The van der Waals surface area contributed by atoms with Gasteiger partial charge in [0.05, 0.1) is 6.10 Å². The minimum atomic E-state index is -0.0586. The van der Waals surface area contributed by atoms with Gasteiger partial charge in [-0.3, -0.25) is 4.79 Å². The third kappa shape index (κ3) is 4.05. The Balaban J connectivity index is 1.75. The van der Waals surface area contributed by atoms with Crippen LogP contribution in [0.1, 0.15) is 37.3 Å². The highest BCUT2D eigenvalue weighted by Gasteiger charge is 2.22. The molecule has 1 heterocycles. The van der Waals surface area contributed by atoms with Crippen molar-refractivity contribution in [1.82, 2.24) is 4.90 Å². The van der Waals surface area contributed by atoms with Crippen molar-refractivity contribution in [2.24, 2.45) is 5.73 Å². The molecule has 1 atom stereocenters. The second-order valence-corrected chi connectivity index (χ2v) is 5.37. The smallest absolute Gasteiger partial charge is 0.222 e. The van der Waals surface area contributed by atoms with Crippen LogP contribution in [0, 0.1) is 0 Å². The van der Waals surface area contributed by atoms with Crippen LogP contribution in [0.5, 0.6) is 0 Å². The molecule has 0 radical (unpaired) electrons. The molecule has 1 unspecified atom stereocenters. The van der Waals surface area contributed by atoms with E-state index in [1.165, 1.54) is 0 Å². The molecule has 20 heavy (non-hydrogen) atoms. The van der Waals surface area contributed by atoms with E-state index in [1.54, 1.807) is 7.11 Å². The number of hydrogen-bond acceptors (Lipinski definition) is 3. The summed E-state index contributed by atoms with van der Waals surface area (Å²) >= 11 is 0. The van der Waals surface area contributed by atoms with Gasteiger partial charge in [-0.2, -0.15) is 0 Å². The fourth-order valence-corrected chi connectivity index (χ4v) is 2.64. The highest BCUT2D eigenvalue weighted by Crippen LogP contribution is 2.18. The third-order valence-corrected chi connectivity index (χ3v) is 4.02. The van der Waals surface area contributed by atoms with E-state index in [1.807, 2.05) is 35.2 Å². The Hall–Kier alpha value is -1.39. The number of methoxy groups -OCH3 is 1. The van der Waals surface area contributed by atoms with Gasteiger partial charge in [0, 0.05) is 32.7 Å². The van der Waals surface area contributed by atoms with E-state index in [-0.39, 0.29) is 11.9 Å². The number of carbonyl (C=O) groups excluding carboxylic acids is 1. The van der Waals surface area contributed by atoms with Crippen molar-refractivity contribution in [1.29, 1.82) is 0 Å². The lowest BCUT2D eigenvalue weighted by Crippen LogP contribution is -2.40. The molecule has 1 aliphatic heterocycles. The lowest BCUT2D eigenvalue weighted by Gasteiger charge is -2.31. The quantitative estimate of drug-likeness (QED) is 0.896. The van der Waals surface area contributed by atoms with Crippen molar-refractivity contribution in [3.8, 4) is 0 Å². The van der Waals surface area contributed by atoms with Gasteiger partial charge in [-0.15, -0.1) is 0 Å². The Morgan fingerprint density at radius 2 is 2.00 bits per heavy atom. The summed E-state index contributed by atoms with van der Waals surface area (Å²) in [5, 5.41) is 0. The predicted octanol–water partition coefficient (Wildman–Crippen LogP) is 2.10. The topological polar surface area (TPSA) is 55.6 Å². The molecule has 1 aromatic rings. The maximum absolute atomic E-state index is 12.2. The average Bonchev–Trinajstić information content (AvgIpc) is 2.53. The van der Waals surface area contributed by atoms with Crippen molar-refractivity contribution in [2.75, 3.05) is 20.2 Å². The Morgan fingerprint density at radius 3 is 2.60 bits per heavy atom. The van der Waals surface area contributed by atoms with E-state index in [0.29, 0.717) is 18.9 Å². The van der Waals surface area contributed by atoms with Gasteiger partial charge in [-0.1, -0.05) is 30.3 Å². The van der Waals surface area contributed by atoms with Gasteiger partial charge in [0.15, 0.2) is 0 Å². The van der Waals surface area contributed by atoms with Gasteiger partial charge in [0.2, 0.25) is 5.91 Å². The molecule has 1 amide bonds. The molecule has 0 bridgehead atoms. The zero-order chi connectivity index (χ0) is 14.4. The van der Waals surface area contributed by atoms with Crippen molar-refractivity contribution in [3.05, 3.63) is 35.9 Å². The van der Waals surface area contributed by atoms with Gasteiger partial charge in [-0.05, 0) is 24.8 Å². The largest absolute Gasteiger partial charge is 0.381 e. The predicted molar refractivity (Wildman–Crippen MR) is 79.2 cm³/mol. The number of hydrogen-bond donors (Lipinski definition) is 1. The summed E-state index contributed by atoms with van der Waals surface area (Å²) in [5.41, 5.74) is 7.22. The first-order chi connectivity index (χ1) is 9.70. The van der Waals surface area contributed by atoms with Crippen molar-refractivity contribution >= 4 is 5.91 Å². The number of amides is 1. The van der Waals surface area contributed by atoms with Crippen LogP contribution < -0.4 is 5.73 Å². The van der Waals surface area contributed by atoms with Crippen LogP contribution in [-0.4, -0.2) is 37.1 Å². The van der Waals surface area contributed by atoms with E-state index in [9.17, 15) is 4.79 Å². The van der Waals surface area contributed by atoms with Crippen LogP contribution in [0.2, 0.25) is 0 Å². The van der Waals surface area contributed by atoms with E-state index in [2.05, 4.69) is 0 Å². The lowest BCUT2D eigenvalue weighted by atomic mass is 10.0. The molecule has 1 aliphatic rings. The second kappa shape index (κ2) is 7.41. The molecule has 0 aromatic heterocycles. The van der Waals surface area contributed by atoms with Gasteiger partial charge >= 0.3 is 0 Å². The van der Waals surface area contributed by atoms with Gasteiger partial charge < -0.3 is 15.4 Å². The number of rotatable bonds is 5. The molecule has 4 heteroatoms. The molecule has 1 aromatic carbocycles. The average molecular weight is 276 g/mol. The molecule has 4 nitrogen and oxygen atoms in total. The number of ether oxygens (including phenoxy) is 1. The van der Waals surface area contributed by atoms with Gasteiger partial charge in [-0.25, -0.2) is 0 Å². The first-order valence-electron chi connectivity index (χ1n) is 7.32. The molecule has 0 saturated carbocycles. The number of benzene rings is 1. The van der Waals surface area contributed by atoms with Crippen LogP contribution in [-0.2, 0) is 9.53 Å². The van der Waals surface area contributed by atoms with Crippen molar-refractivity contribution in [2.45, 2.75) is 37.8 Å². The number of nitrogens with zero attached hydrogens (tertiary/aromatic N) is 1. The fraction of sp³-hybridized carbons (Fsp3) is 0.562. The maximum Gasteiger partial charge on any atom is 0.222 e. The molecule has 2 N–H and O–H groups in total. The minimum Gasteiger partial charge on any atom is -0.381 e. The normalized spacial score (nSPS) is 18.0. The number of piperidine rings is 1. The van der Waals surface area contributed by atoms with E-state index < -0.39 is 0 Å². The first kappa shape index (κ1) is 15.0. The zero-order valence-corrected chi connectivity index (χ0v) is 12.1. The zero-order valence-electron chi connectivity index (χ0n) is 12.1. The molecular formula is C16H24N2O2. The number of nitrogens with two attached hydrogens (primary N) is 1. The lowest BCUT2D eigenvalue weighted by molar-refractivity contribution is -0.133. The minimum absolute atomic E-state index is 0.0586. The standard InChI is InChI=1S/C16H24N2O2/c1-20-14-9-11-18(12-10-14)16(19)8-7-15(17)13-5-3-2-4-6-13/h2-6,14-15H,7-12,17H2,1H3. The Labute approximate surface area is 120 Å². The molecule has 2 rings (SSSR count). The maximum atomic E-state index is 12.2. The highest BCUT2D eigenvalue weighted by atomic mass is 16.5. The number of likely N-dealkylation sites (tertiary alicyclic amines) is 1. The summed E-state index contributed by atoms with van der Waals surface area (Å²) in [4.78, 5) is 14.1. The monoisotopic (exact) mass is 276 g/mol. The Bertz CT molecular complexity index is 414. The molecule has 1 saturated heterocycles. The van der Waals surface area contributed by atoms with E-state index >= 15 is 0 Å². The van der Waals surface area contributed by atoms with Crippen LogP contribution in [0.3, 0.4) is 0 Å². The molecule has 1 fully saturated rings. The molecule has 0 aliphatic carbocycles. The third-order valence-electron chi connectivity index (χ3n) is 4.02. The van der Waals surface area contributed by atoms with E-state index in [4.69, 9.17) is 10.5 Å². The van der Waals surface area contributed by atoms with Crippen LogP contribution >= 0.6 is 0 Å². The molecule has 0 spiro atoms. The summed E-state index contributed by atoms with van der Waals surface area (Å²) in [6.07, 6.45) is 3.41. The van der Waals surface area contributed by atoms with Crippen molar-refractivity contribution in [3.63, 3.8) is 0 Å². The Morgan fingerprint density at radius 1 is 1.35 bits per heavy atom. The van der Waals surface area contributed by atoms with Crippen LogP contribution in [0.25, 0.3) is 0 Å². The first-order valence-corrected chi connectivity index (χ1v) is 7.32. The number of carbonyl (C=O) groups is 1. The van der Waals surface area contributed by atoms with E-state index in [0.717, 1.165) is 31.5 Å². The Kier molecular flexibility index (Phi) is 5.56. The summed E-state index contributed by atoms with van der Waals surface area (Å²) in [5.74, 6) is 0.214. The second-order valence-electron chi connectivity index (χ2n) is 5.37.